The highest BCUT2D eigenvalue weighted by atomic mass is 16.2. The van der Waals surface area contributed by atoms with E-state index in [4.69, 9.17) is 0 Å². The quantitative estimate of drug-likeness (QED) is 0.907. The molecule has 1 aromatic heterocycles. The lowest BCUT2D eigenvalue weighted by Crippen LogP contribution is -2.57. The second kappa shape index (κ2) is 7.43. The molecule has 0 spiro atoms. The average molecular weight is 317 g/mol. The minimum Gasteiger partial charge on any atom is -0.354 e. The minimum absolute atomic E-state index is 0.141. The Labute approximate surface area is 140 Å². The van der Waals surface area contributed by atoms with Gasteiger partial charge in [-0.2, -0.15) is 0 Å². The molecule has 0 aromatic carbocycles. The molecule has 0 aliphatic carbocycles. The maximum absolute atomic E-state index is 12.5. The smallest absolute Gasteiger partial charge is 0.239 e. The molecule has 23 heavy (non-hydrogen) atoms. The van der Waals surface area contributed by atoms with Crippen molar-refractivity contribution in [2.45, 2.75) is 58.9 Å². The lowest BCUT2D eigenvalue weighted by Gasteiger charge is -2.42. The van der Waals surface area contributed by atoms with Crippen molar-refractivity contribution in [1.29, 1.82) is 0 Å². The van der Waals surface area contributed by atoms with Gasteiger partial charge in [-0.25, -0.2) is 0 Å². The van der Waals surface area contributed by atoms with Crippen LogP contribution in [0.1, 0.15) is 57.7 Å². The van der Waals surface area contributed by atoms with Crippen molar-refractivity contribution in [2.75, 3.05) is 19.6 Å². The molecule has 1 fully saturated rings. The number of carbonyl (C=O) groups excluding carboxylic acids is 1. The number of likely N-dealkylation sites (tertiary alicyclic amines) is 1. The maximum Gasteiger partial charge on any atom is 0.239 e. The van der Waals surface area contributed by atoms with E-state index in [2.05, 4.69) is 42.0 Å². The zero-order valence-electron chi connectivity index (χ0n) is 15.2. The molecular weight excluding hydrogens is 286 g/mol. The molecule has 0 radical (unpaired) electrons. The molecule has 1 N–H and O–H groups in total. The van der Waals surface area contributed by atoms with Crippen LogP contribution in [0.15, 0.2) is 18.3 Å². The second-order valence-electron chi connectivity index (χ2n) is 7.60. The molecule has 1 amide bonds. The monoisotopic (exact) mass is 317 g/mol. The van der Waals surface area contributed by atoms with Crippen LogP contribution in [0.4, 0.5) is 0 Å². The lowest BCUT2D eigenvalue weighted by atomic mass is 9.86. The minimum atomic E-state index is -0.441. The fourth-order valence-corrected chi connectivity index (χ4v) is 3.33. The zero-order valence-corrected chi connectivity index (χ0v) is 15.2. The van der Waals surface area contributed by atoms with Crippen molar-refractivity contribution in [3.05, 3.63) is 29.6 Å². The van der Waals surface area contributed by atoms with E-state index in [-0.39, 0.29) is 5.91 Å². The molecule has 4 nitrogen and oxygen atoms in total. The maximum atomic E-state index is 12.5. The van der Waals surface area contributed by atoms with Crippen LogP contribution in [0.3, 0.4) is 0 Å². The van der Waals surface area contributed by atoms with Crippen LogP contribution < -0.4 is 5.32 Å². The van der Waals surface area contributed by atoms with E-state index in [0.717, 1.165) is 38.2 Å². The number of nitrogens with zero attached hydrogens (tertiary/aromatic N) is 2. The van der Waals surface area contributed by atoms with E-state index in [1.54, 1.807) is 0 Å². The van der Waals surface area contributed by atoms with Crippen LogP contribution >= 0.6 is 0 Å². The Morgan fingerprint density at radius 3 is 2.61 bits per heavy atom. The molecule has 0 atom stereocenters. The van der Waals surface area contributed by atoms with Crippen LogP contribution in [0.5, 0.6) is 0 Å². The summed E-state index contributed by atoms with van der Waals surface area (Å²) >= 11 is 0. The number of aromatic nitrogens is 1. The molecule has 2 rings (SSSR count). The van der Waals surface area contributed by atoms with Gasteiger partial charge in [-0.3, -0.25) is 14.7 Å². The van der Waals surface area contributed by atoms with Crippen LogP contribution in [-0.4, -0.2) is 41.0 Å². The number of rotatable bonds is 5. The molecule has 128 valence electrons. The third kappa shape index (κ3) is 4.31. The van der Waals surface area contributed by atoms with E-state index < -0.39 is 5.54 Å². The highest BCUT2D eigenvalue weighted by Gasteiger charge is 2.37. The molecule has 1 aliphatic rings. The number of hydrogen-bond acceptors (Lipinski definition) is 3. The normalized spacial score (nSPS) is 17.5. The van der Waals surface area contributed by atoms with Crippen LogP contribution in [0, 0.1) is 12.8 Å². The molecule has 1 saturated heterocycles. The molecule has 1 aliphatic heterocycles. The zero-order chi connectivity index (χ0) is 17.0. The van der Waals surface area contributed by atoms with Gasteiger partial charge in [0, 0.05) is 18.4 Å². The number of hydrogen-bond donors (Lipinski definition) is 1. The molecule has 0 bridgehead atoms. The molecular formula is C19H31N3O. The van der Waals surface area contributed by atoms with Gasteiger partial charge in [0.1, 0.15) is 0 Å². The van der Waals surface area contributed by atoms with Gasteiger partial charge in [0.15, 0.2) is 0 Å². The second-order valence-corrected chi connectivity index (χ2v) is 7.60. The van der Waals surface area contributed by atoms with Gasteiger partial charge in [-0.1, -0.05) is 19.9 Å². The highest BCUT2D eigenvalue weighted by molar-refractivity contribution is 5.85. The summed E-state index contributed by atoms with van der Waals surface area (Å²) < 4.78 is 0. The van der Waals surface area contributed by atoms with Gasteiger partial charge in [0.25, 0.3) is 0 Å². The first-order valence-corrected chi connectivity index (χ1v) is 8.77. The predicted molar refractivity (Wildman–Crippen MR) is 94.4 cm³/mol. The summed E-state index contributed by atoms with van der Waals surface area (Å²) in [5.41, 5.74) is 2.07. The fraction of sp³-hybridized carbons (Fsp3) is 0.684. The van der Waals surface area contributed by atoms with Gasteiger partial charge in [0.2, 0.25) is 5.91 Å². The third-order valence-corrected chi connectivity index (χ3v) is 5.00. The largest absolute Gasteiger partial charge is 0.354 e. The first-order chi connectivity index (χ1) is 10.8. The Morgan fingerprint density at radius 2 is 2.04 bits per heavy atom. The van der Waals surface area contributed by atoms with Crippen molar-refractivity contribution in [3.8, 4) is 0 Å². The predicted octanol–water partition coefficient (Wildman–Crippen LogP) is 3.12. The van der Waals surface area contributed by atoms with Crippen molar-refractivity contribution >= 4 is 5.91 Å². The van der Waals surface area contributed by atoms with Crippen LogP contribution in [-0.2, 0) is 4.79 Å². The Balaban J connectivity index is 1.95. The van der Waals surface area contributed by atoms with E-state index in [0.29, 0.717) is 11.8 Å². The summed E-state index contributed by atoms with van der Waals surface area (Å²) in [5.74, 6) is 1.19. The topological polar surface area (TPSA) is 45.2 Å². The van der Waals surface area contributed by atoms with Gasteiger partial charge < -0.3 is 5.32 Å². The number of piperidine rings is 1. The first-order valence-electron chi connectivity index (χ1n) is 8.77. The summed E-state index contributed by atoms with van der Waals surface area (Å²) in [4.78, 5) is 19.2. The van der Waals surface area contributed by atoms with Gasteiger partial charge in [-0.15, -0.1) is 0 Å². The summed E-state index contributed by atoms with van der Waals surface area (Å²) in [6, 6.07) is 4.22. The lowest BCUT2D eigenvalue weighted by molar-refractivity contribution is -0.132. The number of pyridine rings is 1. The summed E-state index contributed by atoms with van der Waals surface area (Å²) in [5, 5.41) is 3.08. The van der Waals surface area contributed by atoms with E-state index in [1.807, 2.05) is 26.1 Å². The van der Waals surface area contributed by atoms with Crippen molar-refractivity contribution in [3.63, 3.8) is 0 Å². The molecule has 0 saturated carbocycles. The average Bonchev–Trinajstić information content (AvgIpc) is 2.53. The number of carbonyl (C=O) groups is 1. The SMILES string of the molecule is Cc1ncccc1C1CCN(C(C)(C)C(=O)NCC(C)C)CC1. The number of amides is 1. The van der Waals surface area contributed by atoms with Gasteiger partial charge >= 0.3 is 0 Å². The number of aryl methyl sites for hydroxylation is 1. The highest BCUT2D eigenvalue weighted by Crippen LogP contribution is 2.32. The Hall–Kier alpha value is -1.42. The first kappa shape index (κ1) is 17.9. The van der Waals surface area contributed by atoms with Crippen molar-refractivity contribution in [2.24, 2.45) is 5.92 Å². The summed E-state index contributed by atoms with van der Waals surface area (Å²) in [6.07, 6.45) is 4.04. The van der Waals surface area contributed by atoms with Crippen LogP contribution in [0.25, 0.3) is 0 Å². The number of nitrogens with one attached hydrogen (secondary N) is 1. The summed E-state index contributed by atoms with van der Waals surface area (Å²) in [6.45, 7) is 13.1. The molecule has 4 heteroatoms. The van der Waals surface area contributed by atoms with Gasteiger partial charge in [0.05, 0.1) is 5.54 Å². The van der Waals surface area contributed by atoms with Crippen LogP contribution in [0.2, 0.25) is 0 Å². The van der Waals surface area contributed by atoms with E-state index in [1.165, 1.54) is 5.56 Å². The third-order valence-electron chi connectivity index (χ3n) is 5.00. The molecule has 0 unspecified atom stereocenters. The van der Waals surface area contributed by atoms with Crippen molar-refractivity contribution in [1.82, 2.24) is 15.2 Å². The standard InChI is InChI=1S/C19H31N3O/c1-14(2)13-21-18(23)19(4,5)22-11-8-16(9-12-22)17-7-6-10-20-15(17)3/h6-7,10,14,16H,8-9,11-13H2,1-5H3,(H,21,23). The molecule has 1 aromatic rings. The Kier molecular flexibility index (Phi) is 5.79. The van der Waals surface area contributed by atoms with E-state index in [9.17, 15) is 4.79 Å². The van der Waals surface area contributed by atoms with E-state index >= 15 is 0 Å². The Bertz CT molecular complexity index is 531. The molecule has 2 heterocycles. The summed E-state index contributed by atoms with van der Waals surface area (Å²) in [7, 11) is 0. The van der Waals surface area contributed by atoms with Crippen molar-refractivity contribution < 1.29 is 4.79 Å². The van der Waals surface area contributed by atoms with Gasteiger partial charge in [-0.05, 0) is 70.2 Å². The Morgan fingerprint density at radius 1 is 1.39 bits per heavy atom. The fourth-order valence-electron chi connectivity index (χ4n) is 3.33.